The first-order valence-corrected chi connectivity index (χ1v) is 14.0. The molecule has 2 aromatic carbocycles. The van der Waals surface area contributed by atoms with Crippen LogP contribution in [0.2, 0.25) is 5.02 Å². The van der Waals surface area contributed by atoms with Gasteiger partial charge in [-0.1, -0.05) is 48.9 Å². The zero-order chi connectivity index (χ0) is 29.3. The Hall–Kier alpha value is -2.78. The molecule has 1 N–H and O–H groups in total. The number of nitrogens with zero attached hydrogens (tertiary/aromatic N) is 3. The third kappa shape index (κ3) is 6.10. The van der Waals surface area contributed by atoms with Gasteiger partial charge in [0.25, 0.3) is 17.4 Å². The standard InChI is InChI=1S/C30H37ClF3N3O3/c1-28(13-17-37(18-14-28)27(39)29(40,30(32,33)34)22-7-5-4-6-8-22)20-21-11-15-36(16-12-21)23-9-10-24(25(31)19-23)26(38)35(2)3/h4-10,19,21,40H,11-18,20H2,1-3H3. The molecule has 0 aliphatic carbocycles. The lowest BCUT2D eigenvalue weighted by atomic mass is 9.71. The molecular formula is C30H37ClF3N3O3. The molecule has 1 unspecified atom stereocenters. The van der Waals surface area contributed by atoms with Gasteiger partial charge in [-0.3, -0.25) is 9.59 Å². The molecule has 10 heteroatoms. The summed E-state index contributed by atoms with van der Waals surface area (Å²) in [4.78, 5) is 30.3. The number of rotatable bonds is 6. The van der Waals surface area contributed by atoms with Crippen LogP contribution in [0, 0.1) is 11.3 Å². The molecule has 0 radical (unpaired) electrons. The van der Waals surface area contributed by atoms with E-state index >= 15 is 0 Å². The normalized spacial score (nSPS) is 19.7. The van der Waals surface area contributed by atoms with Crippen LogP contribution in [0.1, 0.15) is 54.9 Å². The average Bonchev–Trinajstić information content (AvgIpc) is 2.92. The van der Waals surface area contributed by atoms with Crippen LogP contribution in [-0.4, -0.2) is 73.2 Å². The van der Waals surface area contributed by atoms with E-state index in [0.29, 0.717) is 29.3 Å². The monoisotopic (exact) mass is 579 g/mol. The van der Waals surface area contributed by atoms with Gasteiger partial charge < -0.3 is 19.8 Å². The highest BCUT2D eigenvalue weighted by molar-refractivity contribution is 6.34. The van der Waals surface area contributed by atoms with E-state index in [9.17, 15) is 27.9 Å². The summed E-state index contributed by atoms with van der Waals surface area (Å²) in [6.07, 6.45) is -1.10. The number of hydrogen-bond acceptors (Lipinski definition) is 4. The van der Waals surface area contributed by atoms with Gasteiger partial charge in [0.05, 0.1) is 10.6 Å². The Morgan fingerprint density at radius 3 is 2.15 bits per heavy atom. The Balaban J connectivity index is 1.33. The van der Waals surface area contributed by atoms with E-state index in [1.165, 1.54) is 21.9 Å². The second-order valence-electron chi connectivity index (χ2n) is 11.7. The van der Waals surface area contributed by atoms with Crippen molar-refractivity contribution in [2.24, 2.45) is 11.3 Å². The summed E-state index contributed by atoms with van der Waals surface area (Å²) < 4.78 is 42.0. The number of alkyl halides is 3. The quantitative estimate of drug-likeness (QED) is 0.475. The van der Waals surface area contributed by atoms with Gasteiger partial charge in [0.15, 0.2) is 0 Å². The molecule has 2 amide bonds. The first-order valence-electron chi connectivity index (χ1n) is 13.7. The Morgan fingerprint density at radius 2 is 1.62 bits per heavy atom. The minimum atomic E-state index is -5.13. The number of aliphatic hydroxyl groups is 1. The molecular weight excluding hydrogens is 543 g/mol. The molecule has 0 bridgehead atoms. The fraction of sp³-hybridized carbons (Fsp3) is 0.533. The molecule has 2 aliphatic heterocycles. The van der Waals surface area contributed by atoms with Gasteiger partial charge in [-0.05, 0) is 61.6 Å². The first-order chi connectivity index (χ1) is 18.7. The van der Waals surface area contributed by atoms with Crippen molar-refractivity contribution >= 4 is 29.1 Å². The van der Waals surface area contributed by atoms with Crippen LogP contribution in [0.15, 0.2) is 48.5 Å². The molecule has 1 atom stereocenters. The summed E-state index contributed by atoms with van der Waals surface area (Å²) >= 11 is 6.41. The van der Waals surface area contributed by atoms with E-state index in [1.807, 2.05) is 12.1 Å². The molecule has 2 fully saturated rings. The van der Waals surface area contributed by atoms with Crippen molar-refractivity contribution in [1.29, 1.82) is 0 Å². The molecule has 0 aromatic heterocycles. The van der Waals surface area contributed by atoms with Crippen molar-refractivity contribution in [3.8, 4) is 0 Å². The number of anilines is 1. The maximum absolute atomic E-state index is 14.0. The number of hydrogen-bond donors (Lipinski definition) is 1. The molecule has 6 nitrogen and oxygen atoms in total. The Morgan fingerprint density at radius 1 is 1.02 bits per heavy atom. The maximum Gasteiger partial charge on any atom is 0.430 e. The predicted octanol–water partition coefficient (Wildman–Crippen LogP) is 5.73. The third-order valence-corrected chi connectivity index (χ3v) is 8.83. The summed E-state index contributed by atoms with van der Waals surface area (Å²) in [5.74, 6) is -0.983. The molecule has 2 heterocycles. The smallest absolute Gasteiger partial charge is 0.371 e. The SMILES string of the molecule is CN(C)C(=O)c1ccc(N2CCC(CC3(C)CCN(C(=O)C(O)(c4ccccc4)C(F)(F)F)CC3)CC2)cc1Cl. The van der Waals surface area contributed by atoms with Crippen LogP contribution >= 0.6 is 11.6 Å². The fourth-order valence-electron chi connectivity index (χ4n) is 5.98. The molecule has 0 saturated carbocycles. The summed E-state index contributed by atoms with van der Waals surface area (Å²) in [5, 5.41) is 11.1. The van der Waals surface area contributed by atoms with Crippen molar-refractivity contribution in [3.05, 3.63) is 64.7 Å². The highest BCUT2D eigenvalue weighted by atomic mass is 35.5. The van der Waals surface area contributed by atoms with Crippen LogP contribution < -0.4 is 4.90 Å². The lowest BCUT2D eigenvalue weighted by Crippen LogP contribution is -2.57. The van der Waals surface area contributed by atoms with E-state index < -0.39 is 23.2 Å². The van der Waals surface area contributed by atoms with Gasteiger partial charge in [-0.15, -0.1) is 0 Å². The molecule has 2 aliphatic rings. The number of carbonyl (C=O) groups is 2. The van der Waals surface area contributed by atoms with Crippen molar-refractivity contribution in [2.75, 3.05) is 45.2 Å². The largest absolute Gasteiger partial charge is 0.430 e. The minimum Gasteiger partial charge on any atom is -0.371 e. The molecule has 4 rings (SSSR count). The number of halogens is 4. The van der Waals surface area contributed by atoms with Crippen LogP contribution in [0.5, 0.6) is 0 Å². The number of piperidine rings is 2. The Labute approximate surface area is 238 Å². The number of likely N-dealkylation sites (tertiary alicyclic amines) is 1. The number of benzene rings is 2. The highest BCUT2D eigenvalue weighted by Gasteiger charge is 2.62. The van der Waals surface area contributed by atoms with Gasteiger partial charge in [0, 0.05) is 51.5 Å². The summed E-state index contributed by atoms with van der Waals surface area (Å²) in [7, 11) is 3.37. The third-order valence-electron chi connectivity index (χ3n) is 8.52. The number of amides is 2. The van der Waals surface area contributed by atoms with Gasteiger partial charge in [0.2, 0.25) is 0 Å². The van der Waals surface area contributed by atoms with Gasteiger partial charge in [-0.2, -0.15) is 13.2 Å². The van der Waals surface area contributed by atoms with Crippen molar-refractivity contribution in [3.63, 3.8) is 0 Å². The van der Waals surface area contributed by atoms with E-state index in [4.69, 9.17) is 11.6 Å². The fourth-order valence-corrected chi connectivity index (χ4v) is 6.23. The topological polar surface area (TPSA) is 64.1 Å². The van der Waals surface area contributed by atoms with Crippen LogP contribution in [-0.2, 0) is 10.4 Å². The zero-order valence-corrected chi connectivity index (χ0v) is 23.9. The van der Waals surface area contributed by atoms with E-state index in [1.54, 1.807) is 26.2 Å². The number of carbonyl (C=O) groups excluding carboxylic acids is 2. The molecule has 218 valence electrons. The molecule has 2 saturated heterocycles. The Kier molecular flexibility index (Phi) is 8.76. The summed E-state index contributed by atoms with van der Waals surface area (Å²) in [6.45, 7) is 4.19. The van der Waals surface area contributed by atoms with Crippen molar-refractivity contribution < 1.29 is 27.9 Å². The van der Waals surface area contributed by atoms with Crippen LogP contribution in [0.4, 0.5) is 18.9 Å². The minimum absolute atomic E-state index is 0.0930. The summed E-state index contributed by atoms with van der Waals surface area (Å²) in [5.41, 5.74) is -2.67. The second-order valence-corrected chi connectivity index (χ2v) is 12.1. The maximum atomic E-state index is 14.0. The zero-order valence-electron chi connectivity index (χ0n) is 23.2. The van der Waals surface area contributed by atoms with Gasteiger partial charge in [-0.25, -0.2) is 0 Å². The second kappa shape index (κ2) is 11.6. The molecule has 0 spiro atoms. The van der Waals surface area contributed by atoms with Crippen LogP contribution in [0.25, 0.3) is 0 Å². The van der Waals surface area contributed by atoms with Crippen LogP contribution in [0.3, 0.4) is 0 Å². The lowest BCUT2D eigenvalue weighted by Gasteiger charge is -2.45. The van der Waals surface area contributed by atoms with Crippen molar-refractivity contribution in [1.82, 2.24) is 9.80 Å². The lowest BCUT2D eigenvalue weighted by molar-refractivity contribution is -0.262. The highest BCUT2D eigenvalue weighted by Crippen LogP contribution is 2.44. The average molecular weight is 580 g/mol. The van der Waals surface area contributed by atoms with E-state index in [2.05, 4.69) is 11.8 Å². The molecule has 40 heavy (non-hydrogen) atoms. The predicted molar refractivity (Wildman–Crippen MR) is 149 cm³/mol. The van der Waals surface area contributed by atoms with E-state index in [-0.39, 0.29) is 24.4 Å². The summed E-state index contributed by atoms with van der Waals surface area (Å²) in [6, 6.07) is 12.1. The van der Waals surface area contributed by atoms with Gasteiger partial charge in [0.1, 0.15) is 0 Å². The Bertz CT molecular complexity index is 1210. The van der Waals surface area contributed by atoms with Crippen molar-refractivity contribution in [2.45, 2.75) is 50.8 Å². The van der Waals surface area contributed by atoms with Gasteiger partial charge >= 0.3 is 6.18 Å². The molecule has 2 aromatic rings. The van der Waals surface area contributed by atoms with E-state index in [0.717, 1.165) is 50.2 Å². The first kappa shape index (κ1) is 30.2.